The van der Waals surface area contributed by atoms with Crippen molar-refractivity contribution in [1.82, 2.24) is 4.90 Å². The second-order valence-corrected chi connectivity index (χ2v) is 11.2. The molecule has 2 aromatic rings. The van der Waals surface area contributed by atoms with Gasteiger partial charge in [-0.15, -0.1) is 0 Å². The lowest BCUT2D eigenvalue weighted by molar-refractivity contribution is -0.192. The van der Waals surface area contributed by atoms with Gasteiger partial charge in [0, 0.05) is 18.8 Å². The van der Waals surface area contributed by atoms with Crippen LogP contribution in [-0.4, -0.2) is 50.2 Å². The minimum Gasteiger partial charge on any atom is -0.475 e. The van der Waals surface area contributed by atoms with Crippen LogP contribution in [-0.2, 0) is 33.1 Å². The minimum absolute atomic E-state index is 0.0401. The summed E-state index contributed by atoms with van der Waals surface area (Å²) in [4.78, 5) is 11.7. The normalized spacial score (nSPS) is 14.8. The van der Waals surface area contributed by atoms with E-state index in [2.05, 4.69) is 43.4 Å². The van der Waals surface area contributed by atoms with Crippen molar-refractivity contribution in [2.45, 2.75) is 69.9 Å². The Balaban J connectivity index is 0.000000572. The number of aliphatic carboxylic acids is 1. The molecule has 200 valence electrons. The van der Waals surface area contributed by atoms with Crippen molar-refractivity contribution in [3.8, 4) is 0 Å². The molecule has 0 aromatic heterocycles. The third-order valence-electron chi connectivity index (χ3n) is 6.47. The third kappa shape index (κ3) is 8.23. The van der Waals surface area contributed by atoms with Gasteiger partial charge < -0.3 is 10.0 Å². The average molecular weight is 529 g/mol. The maximum Gasteiger partial charge on any atom is 0.490 e. The molecule has 1 aliphatic rings. The zero-order chi connectivity index (χ0) is 27.1. The smallest absolute Gasteiger partial charge is 0.475 e. The second kappa shape index (κ2) is 12.1. The maximum absolute atomic E-state index is 12.9. The van der Waals surface area contributed by atoms with Gasteiger partial charge in [-0.25, -0.2) is 13.2 Å². The predicted molar refractivity (Wildman–Crippen MR) is 135 cm³/mol. The highest BCUT2D eigenvalue weighted by Crippen LogP contribution is 2.28. The Morgan fingerprint density at radius 3 is 2.06 bits per heavy atom. The number of carboxylic acids is 1. The van der Waals surface area contributed by atoms with Crippen molar-refractivity contribution < 1.29 is 31.5 Å². The fourth-order valence-corrected chi connectivity index (χ4v) is 4.93. The Hall–Kier alpha value is -2.59. The van der Waals surface area contributed by atoms with Crippen LogP contribution >= 0.6 is 0 Å². The van der Waals surface area contributed by atoms with E-state index >= 15 is 0 Å². The summed E-state index contributed by atoms with van der Waals surface area (Å²) >= 11 is 0. The molecule has 10 heteroatoms. The van der Waals surface area contributed by atoms with Crippen LogP contribution in [0.1, 0.15) is 57.2 Å². The zero-order valence-corrected chi connectivity index (χ0v) is 22.0. The van der Waals surface area contributed by atoms with E-state index in [9.17, 15) is 21.6 Å². The molecule has 0 bridgehead atoms. The first kappa shape index (κ1) is 29.6. The molecule has 0 aliphatic carbocycles. The quantitative estimate of drug-likeness (QED) is 0.487. The topological polar surface area (TPSA) is 86.7 Å². The first-order valence-corrected chi connectivity index (χ1v) is 13.5. The molecule has 3 rings (SSSR count). The summed E-state index contributed by atoms with van der Waals surface area (Å²) in [6, 6.07) is 13.3. The molecule has 2 aromatic carbocycles. The van der Waals surface area contributed by atoms with Crippen LogP contribution in [0.3, 0.4) is 0 Å². The van der Waals surface area contributed by atoms with Crippen LogP contribution < -0.4 is 4.72 Å². The summed E-state index contributed by atoms with van der Waals surface area (Å²) in [5.41, 5.74) is 4.42. The van der Waals surface area contributed by atoms with Crippen molar-refractivity contribution in [2.75, 3.05) is 24.4 Å². The summed E-state index contributed by atoms with van der Waals surface area (Å²) in [5.74, 6) is -2.76. The molecule has 0 radical (unpaired) electrons. The van der Waals surface area contributed by atoms with Gasteiger partial charge in [0.25, 0.3) is 10.0 Å². The average Bonchev–Trinajstić information content (AvgIpc) is 3.01. The van der Waals surface area contributed by atoms with Gasteiger partial charge in [-0.2, -0.15) is 13.2 Å². The van der Waals surface area contributed by atoms with Gasteiger partial charge in [-0.3, -0.25) is 4.72 Å². The lowest BCUT2D eigenvalue weighted by atomic mass is 9.82. The standard InChI is InChI=1S/C24H34N2O2S.C2HF3O2/c1-5-15-26-16-13-19-7-10-22(18-20(19)14-17-26)25-29(27,28)23-11-8-21(9-12-23)24(3,4)6-2;3-2(4,5)1(6)7/h7-12,18,25H,5-6,13-17H2,1-4H3;(H,6,7). The molecule has 1 aliphatic heterocycles. The van der Waals surface area contributed by atoms with E-state index in [4.69, 9.17) is 9.90 Å². The molecule has 0 spiro atoms. The first-order chi connectivity index (χ1) is 16.7. The molecule has 1 heterocycles. The fraction of sp³-hybridized carbons (Fsp3) is 0.500. The van der Waals surface area contributed by atoms with E-state index in [1.165, 1.54) is 11.1 Å². The first-order valence-electron chi connectivity index (χ1n) is 12.0. The van der Waals surface area contributed by atoms with E-state index in [1.54, 1.807) is 12.1 Å². The number of hydrogen-bond acceptors (Lipinski definition) is 4. The number of carboxylic acid groups (broad SMARTS) is 1. The van der Waals surface area contributed by atoms with Gasteiger partial charge in [0.2, 0.25) is 0 Å². The summed E-state index contributed by atoms with van der Waals surface area (Å²) in [7, 11) is -3.60. The van der Waals surface area contributed by atoms with Gasteiger partial charge in [-0.1, -0.05) is 45.9 Å². The van der Waals surface area contributed by atoms with Crippen LogP contribution in [0.4, 0.5) is 18.9 Å². The molecular weight excluding hydrogens is 493 g/mol. The number of nitrogens with one attached hydrogen (secondary N) is 1. The van der Waals surface area contributed by atoms with E-state index < -0.39 is 22.2 Å². The summed E-state index contributed by atoms with van der Waals surface area (Å²) in [6.07, 6.45) is -0.930. The molecule has 0 saturated heterocycles. The Morgan fingerprint density at radius 2 is 1.56 bits per heavy atom. The van der Waals surface area contributed by atoms with E-state index in [0.717, 1.165) is 50.9 Å². The lowest BCUT2D eigenvalue weighted by Gasteiger charge is -2.23. The number of halogens is 3. The molecule has 0 fully saturated rings. The Bertz CT molecular complexity index is 1130. The summed E-state index contributed by atoms with van der Waals surface area (Å²) in [6.45, 7) is 11.9. The van der Waals surface area contributed by atoms with Crippen LogP contribution in [0.15, 0.2) is 47.4 Å². The fourth-order valence-electron chi connectivity index (χ4n) is 3.88. The SMILES string of the molecule is CCCN1CCc2ccc(NS(=O)(=O)c3ccc(C(C)(C)CC)cc3)cc2CC1.O=C(O)C(F)(F)F. The summed E-state index contributed by atoms with van der Waals surface area (Å²) < 4.78 is 60.3. The molecule has 2 N–H and O–H groups in total. The van der Waals surface area contributed by atoms with Gasteiger partial charge in [0.05, 0.1) is 4.90 Å². The molecule has 0 unspecified atom stereocenters. The zero-order valence-electron chi connectivity index (χ0n) is 21.2. The number of anilines is 1. The largest absolute Gasteiger partial charge is 0.490 e. The number of benzene rings is 2. The number of nitrogens with zero attached hydrogens (tertiary/aromatic N) is 1. The van der Waals surface area contributed by atoms with Crippen molar-refractivity contribution in [3.05, 3.63) is 59.2 Å². The third-order valence-corrected chi connectivity index (χ3v) is 7.86. The van der Waals surface area contributed by atoms with Crippen molar-refractivity contribution in [2.24, 2.45) is 0 Å². The monoisotopic (exact) mass is 528 g/mol. The van der Waals surface area contributed by atoms with E-state index in [-0.39, 0.29) is 5.41 Å². The second-order valence-electron chi connectivity index (χ2n) is 9.50. The molecular formula is C26H35F3N2O4S. The Morgan fingerprint density at radius 1 is 1.00 bits per heavy atom. The van der Waals surface area contributed by atoms with Crippen molar-refractivity contribution in [3.63, 3.8) is 0 Å². The Kier molecular flexibility index (Phi) is 9.96. The highest BCUT2D eigenvalue weighted by atomic mass is 32.2. The molecule has 0 atom stereocenters. The van der Waals surface area contributed by atoms with E-state index in [0.29, 0.717) is 10.6 Å². The van der Waals surface area contributed by atoms with Crippen LogP contribution in [0.5, 0.6) is 0 Å². The molecule has 6 nitrogen and oxygen atoms in total. The van der Waals surface area contributed by atoms with E-state index in [1.807, 2.05) is 24.3 Å². The highest BCUT2D eigenvalue weighted by molar-refractivity contribution is 7.92. The molecule has 0 amide bonds. The summed E-state index contributed by atoms with van der Waals surface area (Å²) in [5, 5.41) is 7.12. The van der Waals surface area contributed by atoms with Gasteiger partial charge in [0.15, 0.2) is 0 Å². The molecule has 0 saturated carbocycles. The number of fused-ring (bicyclic) bond motifs is 1. The lowest BCUT2D eigenvalue weighted by Crippen LogP contribution is -2.27. The van der Waals surface area contributed by atoms with Crippen LogP contribution in [0.25, 0.3) is 0 Å². The van der Waals surface area contributed by atoms with Gasteiger partial charge >= 0.3 is 12.1 Å². The van der Waals surface area contributed by atoms with Crippen LogP contribution in [0, 0.1) is 0 Å². The predicted octanol–water partition coefficient (Wildman–Crippen LogP) is 5.62. The number of carbonyl (C=O) groups is 1. The number of rotatable bonds is 7. The number of sulfonamides is 1. The maximum atomic E-state index is 12.9. The van der Waals surface area contributed by atoms with Gasteiger partial charge in [0.1, 0.15) is 0 Å². The number of hydrogen-bond donors (Lipinski definition) is 2. The Labute approximate surface area is 211 Å². The van der Waals surface area contributed by atoms with Crippen LogP contribution in [0.2, 0.25) is 0 Å². The van der Waals surface area contributed by atoms with Crippen molar-refractivity contribution in [1.29, 1.82) is 0 Å². The molecule has 36 heavy (non-hydrogen) atoms. The number of alkyl halides is 3. The highest BCUT2D eigenvalue weighted by Gasteiger charge is 2.38. The van der Waals surface area contributed by atoms with Crippen molar-refractivity contribution >= 4 is 21.7 Å². The van der Waals surface area contributed by atoms with Gasteiger partial charge in [-0.05, 0) is 78.6 Å². The minimum atomic E-state index is -5.08.